The van der Waals surface area contributed by atoms with Crippen LogP contribution in [0.3, 0.4) is 0 Å². The van der Waals surface area contributed by atoms with Gasteiger partial charge in [-0.15, -0.1) is 0 Å². The summed E-state index contributed by atoms with van der Waals surface area (Å²) >= 11 is 5.68. The Bertz CT molecular complexity index is 268. The maximum absolute atomic E-state index is 9.28. The quantitative estimate of drug-likeness (QED) is 0.730. The maximum atomic E-state index is 9.28. The van der Waals surface area contributed by atoms with Crippen LogP contribution in [0.2, 0.25) is 5.15 Å². The van der Waals surface area contributed by atoms with Crippen molar-refractivity contribution < 1.29 is 5.11 Å². The van der Waals surface area contributed by atoms with Crippen molar-refractivity contribution in [1.82, 2.24) is 4.98 Å². The number of nitrogens with one attached hydrogen (secondary N) is 1. The summed E-state index contributed by atoms with van der Waals surface area (Å²) < 4.78 is 0. The van der Waals surface area contributed by atoms with E-state index in [1.165, 1.54) is 0 Å². The third-order valence-corrected chi connectivity index (χ3v) is 1.95. The largest absolute Gasteiger partial charge is 0.391 e. The van der Waals surface area contributed by atoms with Crippen LogP contribution in [0.25, 0.3) is 0 Å². The van der Waals surface area contributed by atoms with Gasteiger partial charge in [-0.1, -0.05) is 18.5 Å². The van der Waals surface area contributed by atoms with Crippen LogP contribution < -0.4 is 5.32 Å². The smallest absolute Gasteiger partial charge is 0.131 e. The molecule has 3 nitrogen and oxygen atoms in total. The molecule has 1 heterocycles. The summed E-state index contributed by atoms with van der Waals surface area (Å²) in [5.74, 6) is 0. The normalized spacial score (nSPS) is 12.5. The zero-order chi connectivity index (χ0) is 9.68. The zero-order valence-corrected chi connectivity index (χ0v) is 8.25. The molecule has 0 fully saturated rings. The van der Waals surface area contributed by atoms with Crippen molar-refractivity contribution in [3.8, 4) is 0 Å². The van der Waals surface area contributed by atoms with Gasteiger partial charge < -0.3 is 10.4 Å². The van der Waals surface area contributed by atoms with Gasteiger partial charge in [-0.05, 0) is 18.6 Å². The number of hydrogen-bond acceptors (Lipinski definition) is 3. The van der Waals surface area contributed by atoms with Crippen LogP contribution >= 0.6 is 11.6 Å². The van der Waals surface area contributed by atoms with Gasteiger partial charge in [0.1, 0.15) is 5.15 Å². The second-order valence-electron chi connectivity index (χ2n) is 2.81. The first-order chi connectivity index (χ1) is 6.22. The molecule has 1 aromatic heterocycles. The van der Waals surface area contributed by atoms with Crippen LogP contribution in [0, 0.1) is 0 Å². The molecule has 0 amide bonds. The molecule has 13 heavy (non-hydrogen) atoms. The number of nitrogens with zero attached hydrogens (tertiary/aromatic N) is 1. The molecule has 0 aliphatic heterocycles. The van der Waals surface area contributed by atoms with Crippen LogP contribution in [-0.4, -0.2) is 22.7 Å². The molecule has 1 aromatic rings. The van der Waals surface area contributed by atoms with E-state index in [1.54, 1.807) is 12.3 Å². The molecule has 1 unspecified atom stereocenters. The van der Waals surface area contributed by atoms with E-state index >= 15 is 0 Å². The van der Waals surface area contributed by atoms with E-state index in [-0.39, 0.29) is 6.10 Å². The average Bonchev–Trinajstić information content (AvgIpc) is 2.14. The number of halogens is 1. The molecule has 4 heteroatoms. The van der Waals surface area contributed by atoms with Gasteiger partial charge in [0.2, 0.25) is 0 Å². The summed E-state index contributed by atoms with van der Waals surface area (Å²) in [6, 6.07) is 3.54. The van der Waals surface area contributed by atoms with Crippen LogP contribution in [0.1, 0.15) is 13.3 Å². The van der Waals surface area contributed by atoms with E-state index in [1.807, 2.05) is 13.0 Å². The highest BCUT2D eigenvalue weighted by molar-refractivity contribution is 6.29. The van der Waals surface area contributed by atoms with Gasteiger partial charge in [0.25, 0.3) is 0 Å². The minimum atomic E-state index is -0.313. The minimum absolute atomic E-state index is 0.313. The molecule has 0 aromatic carbocycles. The second kappa shape index (κ2) is 5.04. The average molecular weight is 201 g/mol. The fraction of sp³-hybridized carbons (Fsp3) is 0.444. The van der Waals surface area contributed by atoms with Gasteiger partial charge >= 0.3 is 0 Å². The van der Waals surface area contributed by atoms with Crippen molar-refractivity contribution in [3.05, 3.63) is 23.5 Å². The lowest BCUT2D eigenvalue weighted by Crippen LogP contribution is -2.18. The van der Waals surface area contributed by atoms with Gasteiger partial charge in [-0.3, -0.25) is 0 Å². The number of hydrogen-bond donors (Lipinski definition) is 2. The Hall–Kier alpha value is -0.800. The lowest BCUT2D eigenvalue weighted by Gasteiger charge is -2.10. The monoisotopic (exact) mass is 200 g/mol. The van der Waals surface area contributed by atoms with Crippen LogP contribution in [0.15, 0.2) is 18.3 Å². The van der Waals surface area contributed by atoms with Crippen LogP contribution in [-0.2, 0) is 0 Å². The third kappa shape index (κ3) is 3.61. The molecule has 0 spiro atoms. The Morgan fingerprint density at radius 1 is 1.69 bits per heavy atom. The Labute approximate surface area is 82.8 Å². The standard InChI is InChI=1S/C9H13ClN2O/c1-2-8(13)6-12-7-3-4-11-9(10)5-7/h3-5,8,13H,2,6H2,1H3,(H,11,12). The van der Waals surface area contributed by atoms with Gasteiger partial charge in [-0.2, -0.15) is 0 Å². The van der Waals surface area contributed by atoms with E-state index in [0.29, 0.717) is 11.7 Å². The lowest BCUT2D eigenvalue weighted by molar-refractivity contribution is 0.183. The van der Waals surface area contributed by atoms with E-state index in [0.717, 1.165) is 12.1 Å². The minimum Gasteiger partial charge on any atom is -0.391 e. The van der Waals surface area contributed by atoms with E-state index < -0.39 is 0 Å². The molecule has 0 saturated heterocycles. The molecular weight excluding hydrogens is 188 g/mol. The Balaban J connectivity index is 2.45. The zero-order valence-electron chi connectivity index (χ0n) is 7.50. The molecule has 2 N–H and O–H groups in total. The third-order valence-electron chi connectivity index (χ3n) is 1.74. The number of aliphatic hydroxyl groups is 1. The first-order valence-electron chi connectivity index (χ1n) is 4.26. The fourth-order valence-corrected chi connectivity index (χ4v) is 1.07. The second-order valence-corrected chi connectivity index (χ2v) is 3.20. The molecule has 1 atom stereocenters. The Morgan fingerprint density at radius 2 is 2.46 bits per heavy atom. The van der Waals surface area contributed by atoms with Crippen molar-refractivity contribution in [2.45, 2.75) is 19.4 Å². The molecular formula is C9H13ClN2O. The van der Waals surface area contributed by atoms with E-state index in [2.05, 4.69) is 10.3 Å². The first kappa shape index (κ1) is 10.3. The number of rotatable bonds is 4. The predicted octanol–water partition coefficient (Wildman–Crippen LogP) is 1.92. The summed E-state index contributed by atoms with van der Waals surface area (Å²) in [5, 5.41) is 12.8. The van der Waals surface area contributed by atoms with Crippen molar-refractivity contribution >= 4 is 17.3 Å². The summed E-state index contributed by atoms with van der Waals surface area (Å²) in [6.45, 7) is 2.47. The highest BCUT2D eigenvalue weighted by atomic mass is 35.5. The number of aliphatic hydroxyl groups excluding tert-OH is 1. The van der Waals surface area contributed by atoms with Crippen molar-refractivity contribution in [3.63, 3.8) is 0 Å². The summed E-state index contributed by atoms with van der Waals surface area (Å²) in [7, 11) is 0. The van der Waals surface area contributed by atoms with Gasteiger partial charge in [0.15, 0.2) is 0 Å². The Kier molecular flexibility index (Phi) is 3.99. The number of pyridine rings is 1. The molecule has 72 valence electrons. The molecule has 0 saturated carbocycles. The molecule has 0 bridgehead atoms. The molecule has 0 aliphatic carbocycles. The number of anilines is 1. The van der Waals surface area contributed by atoms with Crippen LogP contribution in [0.4, 0.5) is 5.69 Å². The van der Waals surface area contributed by atoms with Gasteiger partial charge in [0, 0.05) is 18.4 Å². The maximum Gasteiger partial charge on any atom is 0.131 e. The van der Waals surface area contributed by atoms with Gasteiger partial charge in [0.05, 0.1) is 6.10 Å². The van der Waals surface area contributed by atoms with Crippen molar-refractivity contribution in [2.75, 3.05) is 11.9 Å². The van der Waals surface area contributed by atoms with Crippen molar-refractivity contribution in [1.29, 1.82) is 0 Å². The molecule has 1 rings (SSSR count). The summed E-state index contributed by atoms with van der Waals surface area (Å²) in [4.78, 5) is 3.85. The Morgan fingerprint density at radius 3 is 3.08 bits per heavy atom. The molecule has 0 aliphatic rings. The van der Waals surface area contributed by atoms with Gasteiger partial charge in [-0.25, -0.2) is 4.98 Å². The topological polar surface area (TPSA) is 45.1 Å². The first-order valence-corrected chi connectivity index (χ1v) is 4.63. The van der Waals surface area contributed by atoms with Crippen LogP contribution in [0.5, 0.6) is 0 Å². The summed E-state index contributed by atoms with van der Waals surface area (Å²) in [5.41, 5.74) is 0.882. The van der Waals surface area contributed by atoms with Crippen molar-refractivity contribution in [2.24, 2.45) is 0 Å². The predicted molar refractivity (Wildman–Crippen MR) is 54.0 cm³/mol. The molecule has 0 radical (unpaired) electrons. The van der Waals surface area contributed by atoms with E-state index in [4.69, 9.17) is 11.6 Å². The lowest BCUT2D eigenvalue weighted by atomic mass is 10.3. The highest BCUT2D eigenvalue weighted by Crippen LogP contribution is 2.11. The fourth-order valence-electron chi connectivity index (χ4n) is 0.892. The summed E-state index contributed by atoms with van der Waals surface area (Å²) in [6.07, 6.45) is 2.06. The highest BCUT2D eigenvalue weighted by Gasteiger charge is 2.00. The SMILES string of the molecule is CCC(O)CNc1ccnc(Cl)c1. The van der Waals surface area contributed by atoms with E-state index in [9.17, 15) is 5.11 Å². The number of aromatic nitrogens is 1.